The highest BCUT2D eigenvalue weighted by atomic mass is 35.5. The highest BCUT2D eigenvalue weighted by Crippen LogP contribution is 2.40. The molecule has 4 atom stereocenters. The van der Waals surface area contributed by atoms with E-state index in [2.05, 4.69) is 33.6 Å². The molecule has 0 bridgehead atoms. The fraction of sp³-hybridized carbons (Fsp3) is 0.579. The molecule has 1 aliphatic carbocycles. The van der Waals surface area contributed by atoms with Crippen molar-refractivity contribution in [3.05, 3.63) is 34.9 Å². The van der Waals surface area contributed by atoms with E-state index in [-0.39, 0.29) is 18.1 Å². The molecule has 1 aromatic rings. The molecule has 1 saturated carbocycles. The minimum absolute atomic E-state index is 0.00338. The fourth-order valence-corrected chi connectivity index (χ4v) is 4.63. The van der Waals surface area contributed by atoms with Crippen molar-refractivity contribution in [1.82, 2.24) is 10.3 Å². The largest absolute Gasteiger partial charge is 0.291 e. The molecule has 1 saturated heterocycles. The zero-order valence-corrected chi connectivity index (χ0v) is 14.5. The van der Waals surface area contributed by atoms with Gasteiger partial charge in [0.25, 0.3) is 0 Å². The Bertz CT molecular complexity index is 644. The smallest absolute Gasteiger partial charge is 0.118 e. The summed E-state index contributed by atoms with van der Waals surface area (Å²) in [7, 11) is 0. The number of hydrogen-bond donors (Lipinski definition) is 1. The molecule has 1 N–H and O–H groups in total. The van der Waals surface area contributed by atoms with Gasteiger partial charge in [0.05, 0.1) is 12.1 Å². The molecule has 0 radical (unpaired) electrons. The number of benzene rings is 1. The summed E-state index contributed by atoms with van der Waals surface area (Å²) in [6.45, 7) is 0. The first-order valence-corrected chi connectivity index (χ1v) is 9.37. The highest BCUT2D eigenvalue weighted by Gasteiger charge is 2.44. The van der Waals surface area contributed by atoms with Gasteiger partial charge in [-0.15, -0.1) is 0 Å². The number of hydrogen-bond acceptors (Lipinski definition) is 4. The Balaban J connectivity index is 1.62. The van der Waals surface area contributed by atoms with Crippen LogP contribution in [0.25, 0.3) is 0 Å². The Morgan fingerprint density at radius 1 is 1.17 bits per heavy atom. The topological polar surface area (TPSA) is 51.4 Å². The van der Waals surface area contributed by atoms with Crippen molar-refractivity contribution in [2.75, 3.05) is 0 Å². The monoisotopic (exact) mass is 342 g/mol. The molecule has 2 heterocycles. The first-order chi connectivity index (χ1) is 11.8. The van der Waals surface area contributed by atoms with Gasteiger partial charge in [-0.05, 0) is 42.9 Å². The molecule has 126 valence electrons. The van der Waals surface area contributed by atoms with Crippen molar-refractivity contribution in [2.45, 2.75) is 56.8 Å². The first kappa shape index (κ1) is 15.9. The predicted molar refractivity (Wildman–Crippen MR) is 95.5 cm³/mol. The Kier molecular flexibility index (Phi) is 4.47. The van der Waals surface area contributed by atoms with E-state index in [1.54, 1.807) is 6.21 Å². The number of nitriles is 1. The molecule has 4 unspecified atom stereocenters. The lowest BCUT2D eigenvalue weighted by atomic mass is 9.79. The van der Waals surface area contributed by atoms with Crippen molar-refractivity contribution in [3.63, 3.8) is 0 Å². The maximum absolute atomic E-state index is 9.47. The molecule has 0 amide bonds. The predicted octanol–water partition coefficient (Wildman–Crippen LogP) is 4.09. The van der Waals surface area contributed by atoms with E-state index in [0.717, 1.165) is 17.4 Å². The quantitative estimate of drug-likeness (QED) is 0.880. The van der Waals surface area contributed by atoms with Gasteiger partial charge in [0.2, 0.25) is 0 Å². The van der Waals surface area contributed by atoms with Crippen LogP contribution in [0.1, 0.15) is 50.1 Å². The molecule has 4 nitrogen and oxygen atoms in total. The van der Waals surface area contributed by atoms with Crippen molar-refractivity contribution in [2.24, 2.45) is 16.9 Å². The van der Waals surface area contributed by atoms with E-state index in [1.165, 1.54) is 37.7 Å². The second kappa shape index (κ2) is 6.74. The van der Waals surface area contributed by atoms with Gasteiger partial charge in [0.1, 0.15) is 12.1 Å². The van der Waals surface area contributed by atoms with Crippen LogP contribution in [-0.2, 0) is 0 Å². The first-order valence-electron chi connectivity index (χ1n) is 9.00. The third-order valence-electron chi connectivity index (χ3n) is 5.79. The molecule has 4 rings (SSSR count). The number of halogens is 1. The fourth-order valence-electron chi connectivity index (χ4n) is 4.50. The van der Waals surface area contributed by atoms with E-state index in [9.17, 15) is 5.26 Å². The van der Waals surface area contributed by atoms with Crippen molar-refractivity contribution < 1.29 is 0 Å². The SMILES string of the molecule is N#CC1C=NN2C(c3ccc(Cl)cc3)CC(C3CCCCC3)NC12. The minimum atomic E-state index is -0.175. The maximum atomic E-state index is 9.47. The van der Waals surface area contributed by atoms with Crippen LogP contribution < -0.4 is 5.32 Å². The van der Waals surface area contributed by atoms with E-state index in [1.807, 2.05) is 12.1 Å². The normalized spacial score (nSPS) is 33.2. The average molecular weight is 343 g/mol. The van der Waals surface area contributed by atoms with Crippen LogP contribution in [0, 0.1) is 23.2 Å². The Labute approximate surface area is 148 Å². The molecule has 2 aliphatic heterocycles. The van der Waals surface area contributed by atoms with Crippen molar-refractivity contribution >= 4 is 17.8 Å². The van der Waals surface area contributed by atoms with Crippen LogP contribution in [0.5, 0.6) is 0 Å². The number of rotatable bonds is 2. The van der Waals surface area contributed by atoms with Gasteiger partial charge < -0.3 is 0 Å². The second-order valence-electron chi connectivity index (χ2n) is 7.22. The molecular formula is C19H23ClN4. The van der Waals surface area contributed by atoms with Gasteiger partial charge in [-0.2, -0.15) is 10.4 Å². The minimum Gasteiger partial charge on any atom is -0.291 e. The third kappa shape index (κ3) is 2.92. The lowest BCUT2D eigenvalue weighted by Crippen LogP contribution is -2.57. The summed E-state index contributed by atoms with van der Waals surface area (Å²) < 4.78 is 0. The molecule has 0 aromatic heterocycles. The third-order valence-corrected chi connectivity index (χ3v) is 6.04. The average Bonchev–Trinajstić information content (AvgIpc) is 3.05. The zero-order chi connectivity index (χ0) is 16.5. The van der Waals surface area contributed by atoms with Gasteiger partial charge in [-0.3, -0.25) is 10.3 Å². The number of hydrazone groups is 1. The lowest BCUT2D eigenvalue weighted by Gasteiger charge is -2.46. The van der Waals surface area contributed by atoms with Crippen LogP contribution in [0.4, 0.5) is 0 Å². The van der Waals surface area contributed by atoms with Crippen LogP contribution >= 0.6 is 11.6 Å². The van der Waals surface area contributed by atoms with Crippen LogP contribution in [0.15, 0.2) is 29.4 Å². The van der Waals surface area contributed by atoms with Crippen LogP contribution in [0.2, 0.25) is 5.02 Å². The molecule has 24 heavy (non-hydrogen) atoms. The Hall–Kier alpha value is -1.57. The van der Waals surface area contributed by atoms with Crippen molar-refractivity contribution in [3.8, 4) is 6.07 Å². The summed E-state index contributed by atoms with van der Waals surface area (Å²) >= 11 is 6.06. The zero-order valence-electron chi connectivity index (χ0n) is 13.7. The van der Waals surface area contributed by atoms with E-state index in [0.29, 0.717) is 6.04 Å². The van der Waals surface area contributed by atoms with Gasteiger partial charge in [0.15, 0.2) is 0 Å². The Morgan fingerprint density at radius 3 is 2.62 bits per heavy atom. The number of fused-ring (bicyclic) bond motifs is 1. The van der Waals surface area contributed by atoms with Gasteiger partial charge in [-0.25, -0.2) is 0 Å². The summed E-state index contributed by atoms with van der Waals surface area (Å²) in [6.07, 6.45) is 9.47. The summed E-state index contributed by atoms with van der Waals surface area (Å²) in [5.74, 6) is 0.543. The summed E-state index contributed by atoms with van der Waals surface area (Å²) in [5.41, 5.74) is 1.24. The molecule has 5 heteroatoms. The lowest BCUT2D eigenvalue weighted by molar-refractivity contribution is 0.0320. The molecule has 0 spiro atoms. The molecular weight excluding hydrogens is 320 g/mol. The number of nitrogens with one attached hydrogen (secondary N) is 1. The Morgan fingerprint density at radius 2 is 1.92 bits per heavy atom. The maximum Gasteiger partial charge on any atom is 0.118 e. The highest BCUT2D eigenvalue weighted by molar-refractivity contribution is 6.30. The summed E-state index contributed by atoms with van der Waals surface area (Å²) in [4.78, 5) is 0. The number of nitrogens with zero attached hydrogens (tertiary/aromatic N) is 3. The second-order valence-corrected chi connectivity index (χ2v) is 7.66. The van der Waals surface area contributed by atoms with Crippen LogP contribution in [0.3, 0.4) is 0 Å². The van der Waals surface area contributed by atoms with E-state index < -0.39 is 0 Å². The molecule has 1 aromatic carbocycles. The molecule has 3 aliphatic rings. The summed E-state index contributed by atoms with van der Waals surface area (Å²) in [5, 5.41) is 20.6. The molecule has 2 fully saturated rings. The van der Waals surface area contributed by atoms with Crippen molar-refractivity contribution in [1.29, 1.82) is 5.26 Å². The van der Waals surface area contributed by atoms with Gasteiger partial charge >= 0.3 is 0 Å². The summed E-state index contributed by atoms with van der Waals surface area (Å²) in [6, 6.07) is 11.2. The van der Waals surface area contributed by atoms with E-state index in [4.69, 9.17) is 11.6 Å². The van der Waals surface area contributed by atoms with E-state index >= 15 is 0 Å². The van der Waals surface area contributed by atoms with Crippen LogP contribution in [-0.4, -0.2) is 23.4 Å². The standard InChI is InChI=1S/C19H23ClN4/c20-16-8-6-14(7-9-16)18-10-17(13-4-2-1-3-5-13)23-19-15(11-21)12-22-24(18)19/h6-9,12-13,15,17-19,23H,1-5,10H2. The van der Waals surface area contributed by atoms with Gasteiger partial charge in [0, 0.05) is 17.3 Å². The van der Waals surface area contributed by atoms with Gasteiger partial charge in [-0.1, -0.05) is 43.0 Å².